The van der Waals surface area contributed by atoms with E-state index >= 15 is 4.39 Å². The zero-order valence-electron chi connectivity index (χ0n) is 23.7. The number of hydrogen-bond acceptors (Lipinski definition) is 9. The summed E-state index contributed by atoms with van der Waals surface area (Å²) in [6.45, 7) is 9.67. The van der Waals surface area contributed by atoms with Crippen LogP contribution in [0.2, 0.25) is 0 Å². The number of nitrogens with zero attached hydrogens (tertiary/aromatic N) is 2. The molecular formula is C29H38FN3O7. The average Bonchev–Trinajstić information content (AvgIpc) is 2.82. The number of phenols is 1. The van der Waals surface area contributed by atoms with Gasteiger partial charge in [0.25, 0.3) is 5.91 Å². The molecule has 0 aromatic heterocycles. The third-order valence-corrected chi connectivity index (χ3v) is 8.27. The zero-order chi connectivity index (χ0) is 30.1. The van der Waals surface area contributed by atoms with Crippen LogP contribution in [0.1, 0.15) is 55.6 Å². The molecule has 0 spiro atoms. The van der Waals surface area contributed by atoms with Gasteiger partial charge in [0, 0.05) is 35.7 Å². The number of amides is 1. The highest BCUT2D eigenvalue weighted by atomic mass is 19.1. The van der Waals surface area contributed by atoms with Gasteiger partial charge in [0.05, 0.1) is 11.6 Å². The van der Waals surface area contributed by atoms with E-state index in [1.54, 1.807) is 14.1 Å². The normalized spacial score (nSPS) is 26.8. The predicted molar refractivity (Wildman–Crippen MR) is 144 cm³/mol. The van der Waals surface area contributed by atoms with Crippen LogP contribution in [0.3, 0.4) is 0 Å². The number of halogens is 1. The van der Waals surface area contributed by atoms with Crippen LogP contribution in [-0.2, 0) is 22.6 Å². The highest BCUT2D eigenvalue weighted by molar-refractivity contribution is 6.24. The number of aliphatic hydroxyl groups is 3. The van der Waals surface area contributed by atoms with E-state index in [4.69, 9.17) is 5.73 Å². The number of fused-ring (bicyclic) bond motifs is 3. The van der Waals surface area contributed by atoms with Gasteiger partial charge in [0.15, 0.2) is 11.4 Å². The van der Waals surface area contributed by atoms with Gasteiger partial charge in [-0.3, -0.25) is 24.2 Å². The van der Waals surface area contributed by atoms with Crippen LogP contribution in [0.5, 0.6) is 5.75 Å². The number of primary amides is 1. The maximum Gasteiger partial charge on any atom is 0.255 e. The molecule has 0 saturated heterocycles. The summed E-state index contributed by atoms with van der Waals surface area (Å²) in [5, 5.41) is 44.7. The lowest BCUT2D eigenvalue weighted by molar-refractivity contribution is -0.148. The molecule has 1 amide bonds. The van der Waals surface area contributed by atoms with Crippen LogP contribution in [-0.4, -0.2) is 86.5 Å². The van der Waals surface area contributed by atoms with E-state index in [-0.39, 0.29) is 47.1 Å². The lowest BCUT2D eigenvalue weighted by Gasteiger charge is -2.50. The van der Waals surface area contributed by atoms with Crippen LogP contribution in [0, 0.1) is 23.1 Å². The molecule has 0 bridgehead atoms. The molecule has 1 unspecified atom stereocenters. The second kappa shape index (κ2) is 9.97. The van der Waals surface area contributed by atoms with Crippen molar-refractivity contribution in [2.24, 2.45) is 23.0 Å². The Morgan fingerprint density at radius 1 is 1.20 bits per heavy atom. The van der Waals surface area contributed by atoms with E-state index < -0.39 is 69.6 Å². The second-order valence-electron chi connectivity index (χ2n) is 12.5. The lowest BCUT2D eigenvalue weighted by Crippen LogP contribution is -2.63. The molecule has 1 aromatic rings. The molecule has 4 rings (SSSR count). The van der Waals surface area contributed by atoms with Gasteiger partial charge >= 0.3 is 0 Å². The van der Waals surface area contributed by atoms with E-state index in [0.717, 1.165) is 0 Å². The number of Topliss-reactive ketones (excluding diaryl/α,β-unsaturated/α-hetero) is 2. The summed E-state index contributed by atoms with van der Waals surface area (Å²) >= 11 is 0. The van der Waals surface area contributed by atoms with Crippen molar-refractivity contribution >= 4 is 17.5 Å². The van der Waals surface area contributed by atoms with Gasteiger partial charge in [0.2, 0.25) is 5.78 Å². The maximum atomic E-state index is 16.0. The fourth-order valence-corrected chi connectivity index (χ4v) is 6.66. The summed E-state index contributed by atoms with van der Waals surface area (Å²) < 4.78 is 16.0. The summed E-state index contributed by atoms with van der Waals surface area (Å²) in [5.41, 5.74) is 1.26. The maximum absolute atomic E-state index is 16.0. The standard InChI is InChI=1S/C29H38FN3O7/c1-7-33(12-28(2,3)4)11-14-10-17(34)19-15(21(14)30)8-13-9-16-22(32(5)6)24(36)20(27(31)39)26(38)29(16,40)25(37)18(13)23(19)35/h10,13,16,22,34,36-37,40H,7-9,11-12H2,1-6H3,(H2,31,39)/t13-,16-,22?,29-/m0/s1. The average molecular weight is 560 g/mol. The molecule has 0 heterocycles. The number of rotatable bonds is 6. The first-order valence-electron chi connectivity index (χ1n) is 13.4. The monoisotopic (exact) mass is 559 g/mol. The van der Waals surface area contributed by atoms with Crippen molar-refractivity contribution in [3.63, 3.8) is 0 Å². The van der Waals surface area contributed by atoms with Gasteiger partial charge < -0.3 is 26.2 Å². The molecule has 10 nitrogen and oxygen atoms in total. The topological polar surface area (TPSA) is 165 Å². The molecule has 11 heteroatoms. The van der Waals surface area contributed by atoms with Gasteiger partial charge in [0.1, 0.15) is 28.7 Å². The fourth-order valence-electron chi connectivity index (χ4n) is 6.66. The summed E-state index contributed by atoms with van der Waals surface area (Å²) in [7, 11) is 3.10. The van der Waals surface area contributed by atoms with E-state index in [9.17, 15) is 34.8 Å². The van der Waals surface area contributed by atoms with E-state index in [1.165, 1.54) is 11.0 Å². The number of nitrogens with two attached hydrogens (primary N) is 1. The predicted octanol–water partition coefficient (Wildman–Crippen LogP) is 2.13. The molecule has 0 radical (unpaired) electrons. The summed E-state index contributed by atoms with van der Waals surface area (Å²) in [4.78, 5) is 42.6. The van der Waals surface area contributed by atoms with Crippen LogP contribution in [0.15, 0.2) is 28.7 Å². The Morgan fingerprint density at radius 2 is 1.82 bits per heavy atom. The van der Waals surface area contributed by atoms with Crippen LogP contribution in [0.4, 0.5) is 4.39 Å². The van der Waals surface area contributed by atoms with Crippen molar-refractivity contribution in [2.75, 3.05) is 27.2 Å². The van der Waals surface area contributed by atoms with E-state index in [0.29, 0.717) is 13.1 Å². The number of aromatic hydroxyl groups is 1. The molecule has 0 saturated carbocycles. The number of aliphatic hydroxyl groups excluding tert-OH is 2. The fraction of sp³-hybridized carbons (Fsp3) is 0.552. The summed E-state index contributed by atoms with van der Waals surface area (Å²) in [5.74, 6) is -8.22. The number of hydrogen-bond donors (Lipinski definition) is 5. The smallest absolute Gasteiger partial charge is 0.255 e. The van der Waals surface area contributed by atoms with E-state index in [1.807, 2.05) is 11.8 Å². The van der Waals surface area contributed by atoms with Crippen molar-refractivity contribution < 1.29 is 39.2 Å². The second-order valence-corrected chi connectivity index (χ2v) is 12.5. The Kier molecular flexibility index (Phi) is 7.40. The number of benzene rings is 1. The van der Waals surface area contributed by atoms with Crippen LogP contribution in [0.25, 0.3) is 0 Å². The van der Waals surface area contributed by atoms with Gasteiger partial charge in [-0.1, -0.05) is 27.7 Å². The summed E-state index contributed by atoms with van der Waals surface area (Å²) in [6.07, 6.45) is -0.186. The van der Waals surface area contributed by atoms with Crippen LogP contribution >= 0.6 is 0 Å². The molecule has 4 atom stereocenters. The number of likely N-dealkylation sites (N-methyl/N-ethyl adjacent to an activating group) is 1. The first-order chi connectivity index (χ1) is 18.4. The zero-order valence-corrected chi connectivity index (χ0v) is 23.7. The lowest BCUT2D eigenvalue weighted by atomic mass is 9.58. The Bertz CT molecular complexity index is 1360. The first kappa shape index (κ1) is 29.7. The molecule has 40 heavy (non-hydrogen) atoms. The number of allylic oxidation sites excluding steroid dienone is 1. The highest BCUT2D eigenvalue weighted by Crippen LogP contribution is 2.52. The molecule has 3 aliphatic rings. The minimum absolute atomic E-state index is 0.0000652. The molecule has 6 N–H and O–H groups in total. The highest BCUT2D eigenvalue weighted by Gasteiger charge is 2.63. The Morgan fingerprint density at radius 3 is 2.35 bits per heavy atom. The van der Waals surface area contributed by atoms with Crippen molar-refractivity contribution in [3.8, 4) is 5.75 Å². The van der Waals surface area contributed by atoms with Gasteiger partial charge in [-0.05, 0) is 50.9 Å². The Hall–Kier alpha value is -3.28. The van der Waals surface area contributed by atoms with E-state index in [2.05, 4.69) is 20.8 Å². The molecular weight excluding hydrogens is 521 g/mol. The molecule has 0 fully saturated rings. The Balaban J connectivity index is 1.84. The number of phenolic OH excluding ortho intramolecular Hbond substituents is 1. The van der Waals surface area contributed by atoms with Gasteiger partial charge in [-0.25, -0.2) is 4.39 Å². The number of carbonyl (C=O) groups is 3. The van der Waals surface area contributed by atoms with Crippen molar-refractivity contribution in [2.45, 2.75) is 58.7 Å². The molecule has 3 aliphatic carbocycles. The number of carbonyl (C=O) groups excluding carboxylic acids is 3. The van der Waals surface area contributed by atoms with Crippen LogP contribution < -0.4 is 5.73 Å². The van der Waals surface area contributed by atoms with Gasteiger partial charge in [-0.2, -0.15) is 0 Å². The molecule has 218 valence electrons. The largest absolute Gasteiger partial charge is 0.510 e. The number of ketones is 2. The van der Waals surface area contributed by atoms with Gasteiger partial charge in [-0.15, -0.1) is 0 Å². The third-order valence-electron chi connectivity index (χ3n) is 8.27. The minimum atomic E-state index is -2.73. The molecule has 0 aliphatic heterocycles. The minimum Gasteiger partial charge on any atom is -0.510 e. The summed E-state index contributed by atoms with van der Waals surface area (Å²) in [6, 6.07) is 0.0978. The van der Waals surface area contributed by atoms with Crippen molar-refractivity contribution in [1.29, 1.82) is 0 Å². The van der Waals surface area contributed by atoms with Crippen molar-refractivity contribution in [1.82, 2.24) is 9.80 Å². The Labute approximate surface area is 232 Å². The first-order valence-corrected chi connectivity index (χ1v) is 13.4. The SMILES string of the molecule is CCN(Cc1cc(O)c2c(c1F)C[C@H]1C[C@H]3C(N(C)C)C(O)=C(C(N)=O)C(=O)[C@@]3(O)C(O)=C1C2=O)CC(C)(C)C. The quantitative estimate of drug-likeness (QED) is 0.328. The third kappa shape index (κ3) is 4.49. The van der Waals surface area contributed by atoms with Crippen molar-refractivity contribution in [3.05, 3.63) is 51.2 Å². The molecule has 1 aromatic carbocycles.